The number of hydrogen-bond acceptors (Lipinski definition) is 0. The predicted molar refractivity (Wildman–Crippen MR) is 96.6 cm³/mol. The average molecular weight is 337 g/mol. The second kappa shape index (κ2) is 7.55. The van der Waals surface area contributed by atoms with E-state index in [-0.39, 0.29) is 5.82 Å². The molecule has 0 heterocycles. The quantitative estimate of drug-likeness (QED) is 0.544. The van der Waals surface area contributed by atoms with Gasteiger partial charge in [0.2, 0.25) is 0 Å². The maximum absolute atomic E-state index is 14.4. The van der Waals surface area contributed by atoms with Gasteiger partial charge in [-0.2, -0.15) is 0 Å². The van der Waals surface area contributed by atoms with Gasteiger partial charge in [-0.25, -0.2) is 4.39 Å². The Morgan fingerprint density at radius 3 is 2.13 bits per heavy atom. The van der Waals surface area contributed by atoms with E-state index in [4.69, 9.17) is 11.6 Å². The van der Waals surface area contributed by atoms with E-state index in [2.05, 4.69) is 6.92 Å². The fourth-order valence-electron chi connectivity index (χ4n) is 4.72. The Morgan fingerprint density at radius 1 is 0.957 bits per heavy atom. The van der Waals surface area contributed by atoms with Gasteiger partial charge in [-0.05, 0) is 73.8 Å². The molecule has 0 amide bonds. The highest BCUT2D eigenvalue weighted by molar-refractivity contribution is 6.31. The molecule has 3 rings (SSSR count). The van der Waals surface area contributed by atoms with Crippen molar-refractivity contribution in [3.8, 4) is 0 Å². The number of benzene rings is 1. The van der Waals surface area contributed by atoms with Crippen LogP contribution in [0.5, 0.6) is 0 Å². The summed E-state index contributed by atoms with van der Waals surface area (Å²) in [6.45, 7) is 4.26. The van der Waals surface area contributed by atoms with E-state index in [0.29, 0.717) is 10.9 Å². The van der Waals surface area contributed by atoms with Crippen molar-refractivity contribution in [2.45, 2.75) is 77.6 Å². The van der Waals surface area contributed by atoms with Crippen LogP contribution in [0.1, 0.15) is 81.8 Å². The van der Waals surface area contributed by atoms with Crippen LogP contribution in [0, 0.1) is 30.5 Å². The third-order valence-electron chi connectivity index (χ3n) is 6.39. The molecule has 0 atom stereocenters. The SMILES string of the molecule is Cc1ccc(C2CCC(CC3CCC(C)CC3)CC2)c(F)c1Cl. The Kier molecular flexibility index (Phi) is 5.67. The lowest BCUT2D eigenvalue weighted by atomic mass is 9.72. The van der Waals surface area contributed by atoms with Gasteiger partial charge in [0.05, 0.1) is 5.02 Å². The van der Waals surface area contributed by atoms with E-state index in [1.807, 2.05) is 19.1 Å². The van der Waals surface area contributed by atoms with Crippen LogP contribution in [0.25, 0.3) is 0 Å². The maximum Gasteiger partial charge on any atom is 0.145 e. The molecule has 2 saturated carbocycles. The van der Waals surface area contributed by atoms with Crippen molar-refractivity contribution in [1.82, 2.24) is 0 Å². The molecule has 2 fully saturated rings. The van der Waals surface area contributed by atoms with E-state index in [1.165, 1.54) is 44.9 Å². The first-order valence-electron chi connectivity index (χ1n) is 9.49. The molecule has 23 heavy (non-hydrogen) atoms. The molecule has 0 unspecified atom stereocenters. The van der Waals surface area contributed by atoms with Gasteiger partial charge in [0.25, 0.3) is 0 Å². The van der Waals surface area contributed by atoms with Gasteiger partial charge < -0.3 is 0 Å². The van der Waals surface area contributed by atoms with Gasteiger partial charge in [-0.3, -0.25) is 0 Å². The molecule has 0 N–H and O–H groups in total. The van der Waals surface area contributed by atoms with Crippen LogP contribution >= 0.6 is 11.6 Å². The molecule has 2 heteroatoms. The third-order valence-corrected chi connectivity index (χ3v) is 6.86. The summed E-state index contributed by atoms with van der Waals surface area (Å²) >= 11 is 6.10. The first-order chi connectivity index (χ1) is 11.0. The monoisotopic (exact) mass is 336 g/mol. The lowest BCUT2D eigenvalue weighted by Gasteiger charge is -2.33. The molecule has 0 nitrogen and oxygen atoms in total. The Morgan fingerprint density at radius 2 is 1.52 bits per heavy atom. The number of rotatable bonds is 3. The van der Waals surface area contributed by atoms with Gasteiger partial charge in [0, 0.05) is 0 Å². The standard InChI is InChI=1S/C21H30ClF/c1-14-3-6-16(7-4-14)13-17-8-10-18(11-9-17)19-12-5-15(2)20(22)21(19)23/h5,12,14,16-18H,3-4,6-11,13H2,1-2H3. The molecule has 0 aliphatic heterocycles. The van der Waals surface area contributed by atoms with Crippen LogP contribution in [0.2, 0.25) is 5.02 Å². The van der Waals surface area contributed by atoms with Crippen LogP contribution in [-0.2, 0) is 0 Å². The zero-order valence-corrected chi connectivity index (χ0v) is 15.3. The van der Waals surface area contributed by atoms with E-state index in [0.717, 1.165) is 41.7 Å². The van der Waals surface area contributed by atoms with Gasteiger partial charge in [-0.1, -0.05) is 56.3 Å². The van der Waals surface area contributed by atoms with Crippen molar-refractivity contribution in [1.29, 1.82) is 0 Å². The summed E-state index contributed by atoms with van der Waals surface area (Å²) in [5, 5.41) is 0.320. The Labute approximate surface area is 145 Å². The fraction of sp³-hybridized carbons (Fsp3) is 0.714. The van der Waals surface area contributed by atoms with Crippen molar-refractivity contribution in [3.63, 3.8) is 0 Å². The van der Waals surface area contributed by atoms with Crippen molar-refractivity contribution >= 4 is 11.6 Å². The third kappa shape index (κ3) is 4.10. The smallest absolute Gasteiger partial charge is 0.145 e. The summed E-state index contributed by atoms with van der Waals surface area (Å²) < 4.78 is 14.4. The normalized spacial score (nSPS) is 32.0. The number of aryl methyl sites for hydroxylation is 1. The molecule has 1 aromatic rings. The molecule has 2 aliphatic rings. The van der Waals surface area contributed by atoms with Crippen LogP contribution in [0.15, 0.2) is 12.1 Å². The molecule has 1 aromatic carbocycles. The highest BCUT2D eigenvalue weighted by Crippen LogP contribution is 2.42. The molecular formula is C21H30ClF. The second-order valence-corrected chi connectivity index (χ2v) is 8.56. The summed E-state index contributed by atoms with van der Waals surface area (Å²) in [6.07, 6.45) is 11.9. The lowest BCUT2D eigenvalue weighted by molar-refractivity contribution is 0.210. The van der Waals surface area contributed by atoms with E-state index in [9.17, 15) is 4.39 Å². The van der Waals surface area contributed by atoms with E-state index < -0.39 is 0 Å². The predicted octanol–water partition coefficient (Wildman–Crippen LogP) is 7.28. The lowest BCUT2D eigenvalue weighted by Crippen LogP contribution is -2.20. The van der Waals surface area contributed by atoms with Gasteiger partial charge in [0.15, 0.2) is 0 Å². The largest absolute Gasteiger partial charge is 0.205 e. The number of halogens is 2. The highest BCUT2D eigenvalue weighted by atomic mass is 35.5. The molecular weight excluding hydrogens is 307 g/mol. The second-order valence-electron chi connectivity index (χ2n) is 8.18. The van der Waals surface area contributed by atoms with Crippen LogP contribution in [0.4, 0.5) is 4.39 Å². The van der Waals surface area contributed by atoms with Crippen LogP contribution in [0.3, 0.4) is 0 Å². The molecule has 0 saturated heterocycles. The average Bonchev–Trinajstić information content (AvgIpc) is 2.56. The molecule has 0 spiro atoms. The summed E-state index contributed by atoms with van der Waals surface area (Å²) in [5.74, 6) is 2.97. The maximum atomic E-state index is 14.4. The van der Waals surface area contributed by atoms with Crippen molar-refractivity contribution in [2.75, 3.05) is 0 Å². The summed E-state index contributed by atoms with van der Waals surface area (Å²) in [4.78, 5) is 0. The Bertz CT molecular complexity index is 523. The highest BCUT2D eigenvalue weighted by Gasteiger charge is 2.28. The number of hydrogen-bond donors (Lipinski definition) is 0. The van der Waals surface area contributed by atoms with Crippen LogP contribution in [-0.4, -0.2) is 0 Å². The minimum absolute atomic E-state index is 0.170. The van der Waals surface area contributed by atoms with E-state index >= 15 is 0 Å². The molecule has 0 aromatic heterocycles. The zero-order chi connectivity index (χ0) is 16.4. The van der Waals surface area contributed by atoms with Crippen molar-refractivity contribution in [2.24, 2.45) is 17.8 Å². The van der Waals surface area contributed by atoms with Crippen LogP contribution < -0.4 is 0 Å². The molecule has 128 valence electrons. The minimum Gasteiger partial charge on any atom is -0.205 e. The summed E-state index contributed by atoms with van der Waals surface area (Å²) in [6, 6.07) is 3.93. The van der Waals surface area contributed by atoms with Crippen molar-refractivity contribution < 1.29 is 4.39 Å². The van der Waals surface area contributed by atoms with E-state index in [1.54, 1.807) is 0 Å². The molecule has 0 radical (unpaired) electrons. The van der Waals surface area contributed by atoms with Gasteiger partial charge >= 0.3 is 0 Å². The first kappa shape index (κ1) is 17.3. The minimum atomic E-state index is -0.170. The van der Waals surface area contributed by atoms with Crippen molar-refractivity contribution in [3.05, 3.63) is 34.1 Å². The van der Waals surface area contributed by atoms with Gasteiger partial charge in [-0.15, -0.1) is 0 Å². The van der Waals surface area contributed by atoms with Gasteiger partial charge in [0.1, 0.15) is 5.82 Å². The molecule has 2 aliphatic carbocycles. The molecule has 0 bridgehead atoms. The first-order valence-corrected chi connectivity index (χ1v) is 9.87. The Balaban J connectivity index is 1.53. The fourth-order valence-corrected chi connectivity index (χ4v) is 4.89. The Hall–Kier alpha value is -0.560. The summed E-state index contributed by atoms with van der Waals surface area (Å²) in [5.41, 5.74) is 1.69. The topological polar surface area (TPSA) is 0 Å². The zero-order valence-electron chi connectivity index (χ0n) is 14.6. The summed E-state index contributed by atoms with van der Waals surface area (Å²) in [7, 11) is 0.